The lowest BCUT2D eigenvalue weighted by Crippen LogP contribution is -2.46. The molecule has 21 heavy (non-hydrogen) atoms. The molecule has 0 spiro atoms. The number of halogens is 1. The van der Waals surface area contributed by atoms with Gasteiger partial charge in [-0.1, -0.05) is 17.7 Å². The summed E-state index contributed by atoms with van der Waals surface area (Å²) in [6.45, 7) is 3.48. The van der Waals surface area contributed by atoms with Crippen LogP contribution in [0.15, 0.2) is 18.2 Å². The number of nitrogens with zero attached hydrogens (tertiary/aromatic N) is 1. The molecule has 2 unspecified atom stereocenters. The van der Waals surface area contributed by atoms with Gasteiger partial charge < -0.3 is 14.7 Å². The summed E-state index contributed by atoms with van der Waals surface area (Å²) in [5.41, 5.74) is 0.968. The van der Waals surface area contributed by atoms with Crippen LogP contribution in [0, 0.1) is 6.92 Å². The molecule has 0 radical (unpaired) electrons. The molecule has 1 N–H and O–H groups in total. The van der Waals surface area contributed by atoms with Crippen molar-refractivity contribution in [1.82, 2.24) is 4.90 Å². The molecule has 7 heteroatoms. The first-order valence-electron chi connectivity index (χ1n) is 6.44. The Morgan fingerprint density at radius 1 is 1.52 bits per heavy atom. The van der Waals surface area contributed by atoms with Crippen LogP contribution >= 0.6 is 23.4 Å². The molecule has 1 aliphatic heterocycles. The first-order valence-corrected chi connectivity index (χ1v) is 7.87. The van der Waals surface area contributed by atoms with Crippen LogP contribution in [-0.4, -0.2) is 45.7 Å². The Morgan fingerprint density at radius 2 is 2.24 bits per heavy atom. The van der Waals surface area contributed by atoms with Gasteiger partial charge in [-0.3, -0.25) is 4.79 Å². The lowest BCUT2D eigenvalue weighted by Gasteiger charge is -2.25. The quantitative estimate of drug-likeness (QED) is 0.918. The van der Waals surface area contributed by atoms with E-state index < -0.39 is 12.0 Å². The normalized spacial score (nSPS) is 21.4. The molecule has 5 nitrogen and oxygen atoms in total. The Balaban J connectivity index is 2.04. The third-order valence-corrected chi connectivity index (χ3v) is 4.76. The molecular formula is C14H16ClNO4S. The number of carboxylic acid groups (broad SMARTS) is 1. The molecule has 1 heterocycles. The third kappa shape index (κ3) is 3.63. The second kappa shape index (κ2) is 6.58. The number of rotatable bonds is 4. The van der Waals surface area contributed by atoms with Gasteiger partial charge in [0.05, 0.1) is 10.4 Å². The van der Waals surface area contributed by atoms with Crippen molar-refractivity contribution in [2.45, 2.75) is 25.3 Å². The zero-order chi connectivity index (χ0) is 15.6. The third-order valence-electron chi connectivity index (χ3n) is 3.23. The fourth-order valence-corrected chi connectivity index (χ4v) is 3.51. The Labute approximate surface area is 132 Å². The van der Waals surface area contributed by atoms with Gasteiger partial charge in [0.1, 0.15) is 11.8 Å². The largest absolute Gasteiger partial charge is 0.482 e. The predicted molar refractivity (Wildman–Crippen MR) is 81.9 cm³/mol. The molecule has 1 aromatic rings. The number of carboxylic acids is 1. The smallest absolute Gasteiger partial charge is 0.327 e. The molecule has 1 aromatic carbocycles. The van der Waals surface area contributed by atoms with Crippen molar-refractivity contribution in [2.24, 2.45) is 0 Å². The van der Waals surface area contributed by atoms with E-state index in [1.807, 2.05) is 19.9 Å². The monoisotopic (exact) mass is 329 g/mol. The van der Waals surface area contributed by atoms with E-state index >= 15 is 0 Å². The first kappa shape index (κ1) is 16.0. The van der Waals surface area contributed by atoms with E-state index in [-0.39, 0.29) is 17.9 Å². The fraction of sp³-hybridized carbons (Fsp3) is 0.429. The summed E-state index contributed by atoms with van der Waals surface area (Å²) in [5, 5.41) is 9.40. The number of hydrogen-bond acceptors (Lipinski definition) is 4. The second-order valence-electron chi connectivity index (χ2n) is 4.81. The molecule has 2 rings (SSSR count). The number of aryl methyl sites for hydroxylation is 1. The Hall–Kier alpha value is -1.40. The zero-order valence-corrected chi connectivity index (χ0v) is 13.3. The highest BCUT2D eigenvalue weighted by molar-refractivity contribution is 8.00. The number of carbonyl (C=O) groups excluding carboxylic acids is 1. The minimum atomic E-state index is -0.992. The summed E-state index contributed by atoms with van der Waals surface area (Å²) in [4.78, 5) is 24.7. The van der Waals surface area contributed by atoms with E-state index in [9.17, 15) is 9.59 Å². The van der Waals surface area contributed by atoms with Crippen LogP contribution in [0.1, 0.15) is 12.5 Å². The molecule has 0 saturated carbocycles. The van der Waals surface area contributed by atoms with Crippen LogP contribution in [0.5, 0.6) is 5.75 Å². The van der Waals surface area contributed by atoms with Crippen molar-refractivity contribution in [3.8, 4) is 5.75 Å². The second-order valence-corrected chi connectivity index (χ2v) is 6.57. The highest BCUT2D eigenvalue weighted by atomic mass is 35.5. The van der Waals surface area contributed by atoms with E-state index in [0.717, 1.165) is 5.56 Å². The molecule has 0 bridgehead atoms. The van der Waals surface area contributed by atoms with Crippen LogP contribution in [0.4, 0.5) is 0 Å². The SMILES string of the molecule is Cc1ccc(Cl)c(OCC(=O)N2C(C)SCC2C(=O)O)c1. The van der Waals surface area contributed by atoms with Gasteiger partial charge in [0, 0.05) is 5.75 Å². The minimum absolute atomic E-state index is 0.171. The summed E-state index contributed by atoms with van der Waals surface area (Å²) >= 11 is 7.44. The fourth-order valence-electron chi connectivity index (χ4n) is 2.15. The maximum atomic E-state index is 12.2. The van der Waals surface area contributed by atoms with Gasteiger partial charge in [-0.05, 0) is 31.5 Å². The van der Waals surface area contributed by atoms with Gasteiger partial charge >= 0.3 is 5.97 Å². The number of thioether (sulfide) groups is 1. The number of amides is 1. The van der Waals surface area contributed by atoms with E-state index in [0.29, 0.717) is 16.5 Å². The van der Waals surface area contributed by atoms with Gasteiger partial charge in [-0.15, -0.1) is 11.8 Å². The summed E-state index contributed by atoms with van der Waals surface area (Å²) in [6.07, 6.45) is 0. The lowest BCUT2D eigenvalue weighted by molar-refractivity contribution is -0.149. The van der Waals surface area contributed by atoms with E-state index in [2.05, 4.69) is 0 Å². The highest BCUT2D eigenvalue weighted by Crippen LogP contribution is 2.30. The Bertz CT molecular complexity index is 566. The molecule has 1 saturated heterocycles. The molecule has 0 aliphatic carbocycles. The lowest BCUT2D eigenvalue weighted by atomic mass is 10.2. The average molecular weight is 330 g/mol. The number of aliphatic carboxylic acids is 1. The molecule has 2 atom stereocenters. The number of hydrogen-bond donors (Lipinski definition) is 1. The number of carbonyl (C=O) groups is 2. The van der Waals surface area contributed by atoms with Crippen molar-refractivity contribution >= 4 is 35.2 Å². The van der Waals surface area contributed by atoms with Crippen LogP contribution < -0.4 is 4.74 Å². The van der Waals surface area contributed by atoms with Gasteiger partial charge in [0.25, 0.3) is 5.91 Å². The van der Waals surface area contributed by atoms with E-state index in [4.69, 9.17) is 21.4 Å². The van der Waals surface area contributed by atoms with Crippen LogP contribution in [0.25, 0.3) is 0 Å². The Kier molecular flexibility index (Phi) is 5.00. The number of ether oxygens (including phenoxy) is 1. The minimum Gasteiger partial charge on any atom is -0.482 e. The maximum absolute atomic E-state index is 12.2. The average Bonchev–Trinajstić information content (AvgIpc) is 2.81. The van der Waals surface area contributed by atoms with Crippen LogP contribution in [0.3, 0.4) is 0 Å². The Morgan fingerprint density at radius 3 is 2.90 bits per heavy atom. The van der Waals surface area contributed by atoms with Gasteiger partial charge in [0.2, 0.25) is 0 Å². The van der Waals surface area contributed by atoms with Crippen LogP contribution in [0.2, 0.25) is 5.02 Å². The van der Waals surface area contributed by atoms with Gasteiger partial charge in [-0.25, -0.2) is 4.79 Å². The molecule has 1 amide bonds. The van der Waals surface area contributed by atoms with Crippen molar-refractivity contribution in [3.05, 3.63) is 28.8 Å². The summed E-state index contributed by atoms with van der Waals surface area (Å²) < 4.78 is 5.44. The van der Waals surface area contributed by atoms with Crippen molar-refractivity contribution in [1.29, 1.82) is 0 Å². The molecule has 0 aromatic heterocycles. The van der Waals surface area contributed by atoms with Crippen molar-refractivity contribution in [2.75, 3.05) is 12.4 Å². The molecule has 1 aliphatic rings. The predicted octanol–water partition coefficient (Wildman–Crippen LogP) is 2.40. The molecular weight excluding hydrogens is 314 g/mol. The summed E-state index contributed by atoms with van der Waals surface area (Å²) in [7, 11) is 0. The molecule has 1 fully saturated rings. The first-order chi connectivity index (χ1) is 9.90. The van der Waals surface area contributed by atoms with E-state index in [1.54, 1.807) is 12.1 Å². The summed E-state index contributed by atoms with van der Waals surface area (Å²) in [5.74, 6) is -0.518. The highest BCUT2D eigenvalue weighted by Gasteiger charge is 2.39. The van der Waals surface area contributed by atoms with E-state index in [1.165, 1.54) is 16.7 Å². The van der Waals surface area contributed by atoms with Gasteiger partial charge in [-0.2, -0.15) is 0 Å². The van der Waals surface area contributed by atoms with Crippen molar-refractivity contribution in [3.63, 3.8) is 0 Å². The standard InChI is InChI=1S/C14H16ClNO4S/c1-8-3-4-10(15)12(5-8)20-6-13(17)16-9(2)21-7-11(16)14(18)19/h3-5,9,11H,6-7H2,1-2H3,(H,18,19). The maximum Gasteiger partial charge on any atom is 0.327 e. The summed E-state index contributed by atoms with van der Waals surface area (Å²) in [6, 6.07) is 4.49. The zero-order valence-electron chi connectivity index (χ0n) is 11.7. The van der Waals surface area contributed by atoms with Gasteiger partial charge in [0.15, 0.2) is 6.61 Å². The van der Waals surface area contributed by atoms with Crippen LogP contribution in [-0.2, 0) is 9.59 Å². The number of benzene rings is 1. The molecule has 114 valence electrons. The van der Waals surface area contributed by atoms with Crippen molar-refractivity contribution < 1.29 is 19.4 Å². The topological polar surface area (TPSA) is 66.8 Å².